The molecule has 1 heterocycles. The van der Waals surface area contributed by atoms with E-state index in [9.17, 15) is 19.2 Å². The van der Waals surface area contributed by atoms with Crippen LogP contribution in [0.3, 0.4) is 0 Å². The second-order valence-electron chi connectivity index (χ2n) is 6.92. The molecule has 1 atom stereocenters. The van der Waals surface area contributed by atoms with Crippen LogP contribution < -0.4 is 5.32 Å². The van der Waals surface area contributed by atoms with Crippen LogP contribution in [-0.2, 0) is 28.8 Å². The largest absolute Gasteiger partial charge is 0.396 e. The molecule has 1 unspecified atom stereocenters. The summed E-state index contributed by atoms with van der Waals surface area (Å²) in [6.45, 7) is 1.65. The second kappa shape index (κ2) is 14.9. The van der Waals surface area contributed by atoms with Gasteiger partial charge in [0.1, 0.15) is 0 Å². The number of hydroxylamine groups is 2. The van der Waals surface area contributed by atoms with Gasteiger partial charge in [-0.25, -0.2) is 4.79 Å². The van der Waals surface area contributed by atoms with E-state index in [2.05, 4.69) is 5.32 Å². The molecule has 10 nitrogen and oxygen atoms in total. The Morgan fingerprint density at radius 1 is 1.00 bits per heavy atom. The Hall–Kier alpha value is -2.04. The number of imide groups is 1. The number of aliphatic hydroxyl groups excluding tert-OH is 2. The summed E-state index contributed by atoms with van der Waals surface area (Å²) in [4.78, 5) is 50.8. The van der Waals surface area contributed by atoms with Crippen LogP contribution in [0.15, 0.2) is 0 Å². The third-order valence-corrected chi connectivity index (χ3v) is 4.43. The molecular weight excluding hydrogens is 384 g/mol. The van der Waals surface area contributed by atoms with E-state index in [0.29, 0.717) is 44.1 Å². The SMILES string of the molecule is O=C(CCCC(=O)ON1C(=O)CCC1=O)NCCCOCC(CCO)CCCO. The summed E-state index contributed by atoms with van der Waals surface area (Å²) < 4.78 is 5.56. The lowest BCUT2D eigenvalue weighted by Gasteiger charge is -2.15. The molecule has 166 valence electrons. The predicted molar refractivity (Wildman–Crippen MR) is 101 cm³/mol. The topological polar surface area (TPSA) is 142 Å². The number of rotatable bonds is 16. The predicted octanol–water partition coefficient (Wildman–Crippen LogP) is 0.0579. The van der Waals surface area contributed by atoms with Crippen LogP contribution in [0, 0.1) is 5.92 Å². The summed E-state index contributed by atoms with van der Waals surface area (Å²) in [5.41, 5.74) is 0. The standard InChI is InChI=1S/C19H32N2O8/c22-11-2-4-15(9-12-23)14-28-13-3-10-20-16(24)5-1-6-19(27)29-21-17(25)7-8-18(21)26/h15,22-23H,1-14H2,(H,20,24). The molecule has 0 aliphatic carbocycles. The summed E-state index contributed by atoms with van der Waals surface area (Å²) in [6.07, 6.45) is 3.18. The van der Waals surface area contributed by atoms with Gasteiger partial charge in [-0.1, -0.05) is 0 Å². The average molecular weight is 416 g/mol. The van der Waals surface area contributed by atoms with Crippen LogP contribution in [-0.4, -0.2) is 71.9 Å². The van der Waals surface area contributed by atoms with Gasteiger partial charge in [-0.15, -0.1) is 5.06 Å². The smallest absolute Gasteiger partial charge is 0.333 e. The van der Waals surface area contributed by atoms with Crippen molar-refractivity contribution < 1.29 is 39.0 Å². The Labute approximate surface area is 170 Å². The number of amides is 3. The van der Waals surface area contributed by atoms with Crippen LogP contribution in [0.4, 0.5) is 0 Å². The molecule has 1 rings (SSSR count). The fraction of sp³-hybridized carbons (Fsp3) is 0.789. The number of carbonyl (C=O) groups is 4. The first-order chi connectivity index (χ1) is 14.0. The minimum Gasteiger partial charge on any atom is -0.396 e. The van der Waals surface area contributed by atoms with Gasteiger partial charge < -0.3 is 25.1 Å². The fourth-order valence-corrected chi connectivity index (χ4v) is 2.81. The number of ether oxygens (including phenoxy) is 1. The molecule has 3 amide bonds. The number of carbonyl (C=O) groups excluding carboxylic acids is 4. The van der Waals surface area contributed by atoms with Crippen molar-refractivity contribution in [2.45, 2.75) is 57.8 Å². The van der Waals surface area contributed by atoms with Crippen molar-refractivity contribution in [1.82, 2.24) is 10.4 Å². The lowest BCUT2D eigenvalue weighted by molar-refractivity contribution is -0.197. The molecule has 1 aliphatic rings. The first kappa shape index (κ1) is 25.0. The third kappa shape index (κ3) is 10.9. The van der Waals surface area contributed by atoms with Gasteiger partial charge in [-0.3, -0.25) is 14.4 Å². The molecule has 1 saturated heterocycles. The lowest BCUT2D eigenvalue weighted by atomic mass is 10.0. The van der Waals surface area contributed by atoms with Crippen molar-refractivity contribution in [3.63, 3.8) is 0 Å². The van der Waals surface area contributed by atoms with Crippen LogP contribution in [0.1, 0.15) is 57.8 Å². The van der Waals surface area contributed by atoms with E-state index < -0.39 is 17.8 Å². The molecule has 3 N–H and O–H groups in total. The number of aliphatic hydroxyl groups is 2. The monoisotopic (exact) mass is 416 g/mol. The quantitative estimate of drug-likeness (QED) is 0.237. The molecule has 0 saturated carbocycles. The molecule has 0 aromatic rings. The Bertz CT molecular complexity index is 524. The van der Waals surface area contributed by atoms with Gasteiger partial charge in [-0.2, -0.15) is 0 Å². The van der Waals surface area contributed by atoms with E-state index in [0.717, 1.165) is 6.42 Å². The highest BCUT2D eigenvalue weighted by atomic mass is 16.7. The Kier molecular flexibility index (Phi) is 12.8. The zero-order valence-electron chi connectivity index (χ0n) is 16.8. The molecule has 0 radical (unpaired) electrons. The molecule has 0 aromatic carbocycles. The van der Waals surface area contributed by atoms with Crippen LogP contribution in [0.5, 0.6) is 0 Å². The van der Waals surface area contributed by atoms with E-state index in [1.807, 2.05) is 0 Å². The molecule has 0 aromatic heterocycles. The van der Waals surface area contributed by atoms with Gasteiger partial charge in [0.05, 0.1) is 0 Å². The van der Waals surface area contributed by atoms with Crippen LogP contribution in [0.25, 0.3) is 0 Å². The van der Waals surface area contributed by atoms with E-state index >= 15 is 0 Å². The summed E-state index contributed by atoms with van der Waals surface area (Å²) in [6, 6.07) is 0. The number of hydrogen-bond donors (Lipinski definition) is 3. The average Bonchev–Trinajstić information content (AvgIpc) is 3.00. The summed E-state index contributed by atoms with van der Waals surface area (Å²) in [5, 5.41) is 21.1. The first-order valence-electron chi connectivity index (χ1n) is 10.1. The Morgan fingerprint density at radius 3 is 2.38 bits per heavy atom. The number of nitrogens with zero attached hydrogens (tertiary/aromatic N) is 1. The molecule has 0 spiro atoms. The zero-order chi connectivity index (χ0) is 21.5. The van der Waals surface area contributed by atoms with Crippen molar-refractivity contribution in [3.8, 4) is 0 Å². The maximum atomic E-state index is 11.7. The van der Waals surface area contributed by atoms with E-state index in [4.69, 9.17) is 19.8 Å². The Balaban J connectivity index is 2.03. The van der Waals surface area contributed by atoms with Gasteiger partial charge in [0.2, 0.25) is 5.91 Å². The summed E-state index contributed by atoms with van der Waals surface area (Å²) in [7, 11) is 0. The first-order valence-corrected chi connectivity index (χ1v) is 10.1. The van der Waals surface area contributed by atoms with E-state index in [1.54, 1.807) is 0 Å². The summed E-state index contributed by atoms with van der Waals surface area (Å²) in [5.74, 6) is -1.76. The zero-order valence-corrected chi connectivity index (χ0v) is 16.8. The minimum absolute atomic E-state index is 0.0446. The molecule has 1 aliphatic heterocycles. The maximum Gasteiger partial charge on any atom is 0.333 e. The van der Waals surface area contributed by atoms with Gasteiger partial charge in [-0.05, 0) is 38.0 Å². The Morgan fingerprint density at radius 2 is 1.72 bits per heavy atom. The van der Waals surface area contributed by atoms with Crippen molar-refractivity contribution in [1.29, 1.82) is 0 Å². The van der Waals surface area contributed by atoms with Crippen molar-refractivity contribution >= 4 is 23.7 Å². The molecule has 1 fully saturated rings. The highest BCUT2D eigenvalue weighted by Gasteiger charge is 2.32. The lowest BCUT2D eigenvalue weighted by Crippen LogP contribution is -2.32. The second-order valence-corrected chi connectivity index (χ2v) is 6.92. The molecular formula is C19H32N2O8. The molecule has 0 bridgehead atoms. The van der Waals surface area contributed by atoms with Gasteiger partial charge in [0.15, 0.2) is 0 Å². The highest BCUT2D eigenvalue weighted by Crippen LogP contribution is 2.13. The van der Waals surface area contributed by atoms with E-state index in [1.165, 1.54) is 0 Å². The minimum atomic E-state index is -0.714. The fourth-order valence-electron chi connectivity index (χ4n) is 2.81. The molecule has 10 heteroatoms. The number of hydrogen-bond acceptors (Lipinski definition) is 8. The maximum absolute atomic E-state index is 11.7. The normalized spacial score (nSPS) is 14.9. The van der Waals surface area contributed by atoms with Crippen molar-refractivity contribution in [2.75, 3.05) is 33.0 Å². The number of nitrogens with one attached hydrogen (secondary N) is 1. The van der Waals surface area contributed by atoms with Crippen LogP contribution in [0.2, 0.25) is 0 Å². The highest BCUT2D eigenvalue weighted by molar-refractivity contribution is 6.01. The van der Waals surface area contributed by atoms with Gasteiger partial charge in [0.25, 0.3) is 11.8 Å². The van der Waals surface area contributed by atoms with Gasteiger partial charge in [0, 0.05) is 58.7 Å². The summed E-state index contributed by atoms with van der Waals surface area (Å²) >= 11 is 0. The van der Waals surface area contributed by atoms with E-state index in [-0.39, 0.29) is 57.1 Å². The molecule has 29 heavy (non-hydrogen) atoms. The third-order valence-electron chi connectivity index (χ3n) is 4.43. The van der Waals surface area contributed by atoms with Crippen LogP contribution >= 0.6 is 0 Å². The van der Waals surface area contributed by atoms with Crippen molar-refractivity contribution in [2.24, 2.45) is 5.92 Å². The van der Waals surface area contributed by atoms with Gasteiger partial charge >= 0.3 is 5.97 Å². The van der Waals surface area contributed by atoms with Crippen molar-refractivity contribution in [3.05, 3.63) is 0 Å².